The zero-order valence-electron chi connectivity index (χ0n) is 15.1. The van der Waals surface area contributed by atoms with Gasteiger partial charge in [-0.3, -0.25) is 9.48 Å². The topological polar surface area (TPSA) is 50.2 Å². The molecule has 6 heteroatoms. The number of carbonyl (C=O) groups excluding carboxylic acids is 1. The van der Waals surface area contributed by atoms with E-state index in [4.69, 9.17) is 0 Å². The van der Waals surface area contributed by atoms with Crippen LogP contribution < -0.4 is 5.32 Å². The minimum absolute atomic E-state index is 0. The van der Waals surface area contributed by atoms with E-state index in [-0.39, 0.29) is 30.2 Å². The summed E-state index contributed by atoms with van der Waals surface area (Å²) in [6, 6.07) is 10.4. The normalized spacial score (nSPS) is 20.8. The summed E-state index contributed by atoms with van der Waals surface area (Å²) in [5, 5.41) is 7.62. The Morgan fingerprint density at radius 1 is 1.36 bits per heavy atom. The van der Waals surface area contributed by atoms with Crippen LogP contribution in [0.2, 0.25) is 0 Å². The highest BCUT2D eigenvalue weighted by Crippen LogP contribution is 2.29. The molecule has 1 fully saturated rings. The van der Waals surface area contributed by atoms with Crippen LogP contribution in [0.3, 0.4) is 0 Å². The van der Waals surface area contributed by atoms with Gasteiger partial charge in [0.25, 0.3) is 0 Å². The molecule has 0 bridgehead atoms. The molecular weight excluding hydrogens is 336 g/mol. The molecule has 1 saturated heterocycles. The number of hydrogen-bond donors (Lipinski definition) is 1. The lowest BCUT2D eigenvalue weighted by molar-refractivity contribution is -0.134. The van der Waals surface area contributed by atoms with Crippen molar-refractivity contribution in [2.24, 2.45) is 13.0 Å². The maximum absolute atomic E-state index is 13.0. The van der Waals surface area contributed by atoms with Gasteiger partial charge in [-0.2, -0.15) is 5.10 Å². The summed E-state index contributed by atoms with van der Waals surface area (Å²) >= 11 is 0. The molecule has 5 nitrogen and oxygen atoms in total. The second-order valence-electron chi connectivity index (χ2n) is 6.85. The summed E-state index contributed by atoms with van der Waals surface area (Å²) in [4.78, 5) is 14.8. The van der Waals surface area contributed by atoms with Crippen molar-refractivity contribution in [3.63, 3.8) is 0 Å². The average molecular weight is 363 g/mol. The fourth-order valence-corrected chi connectivity index (χ4v) is 3.59. The summed E-state index contributed by atoms with van der Waals surface area (Å²) < 4.78 is 1.80. The number of aryl methyl sites for hydroxylation is 1. The fourth-order valence-electron chi connectivity index (χ4n) is 3.59. The smallest absolute Gasteiger partial charge is 0.227 e. The lowest BCUT2D eigenvalue weighted by atomic mass is 9.89. The Bertz CT molecular complexity index is 688. The number of rotatable bonds is 5. The highest BCUT2D eigenvalue weighted by molar-refractivity contribution is 5.85. The van der Waals surface area contributed by atoms with Gasteiger partial charge in [0, 0.05) is 45.8 Å². The van der Waals surface area contributed by atoms with Crippen LogP contribution >= 0.6 is 12.4 Å². The number of benzene rings is 1. The first-order valence-electron chi connectivity index (χ1n) is 8.55. The molecule has 0 radical (unpaired) electrons. The van der Waals surface area contributed by atoms with Gasteiger partial charge in [-0.15, -0.1) is 12.4 Å². The SMILES string of the molecule is CC(CN(C)C(=O)[C@H]1CNC[C@@H]1c1cnn(C)c1)c1ccccc1.Cl. The van der Waals surface area contributed by atoms with E-state index in [2.05, 4.69) is 29.5 Å². The van der Waals surface area contributed by atoms with E-state index >= 15 is 0 Å². The van der Waals surface area contributed by atoms with Crippen molar-refractivity contribution in [3.05, 3.63) is 53.9 Å². The summed E-state index contributed by atoms with van der Waals surface area (Å²) in [5.74, 6) is 0.742. The molecule has 2 heterocycles. The molecule has 1 N–H and O–H groups in total. The Kier molecular flexibility index (Phi) is 6.62. The van der Waals surface area contributed by atoms with Crippen LogP contribution in [0.4, 0.5) is 0 Å². The number of amides is 1. The molecule has 0 spiro atoms. The molecule has 2 aromatic rings. The lowest BCUT2D eigenvalue weighted by Crippen LogP contribution is -2.38. The van der Waals surface area contributed by atoms with Crippen molar-refractivity contribution >= 4 is 18.3 Å². The molecule has 1 aromatic heterocycles. The minimum Gasteiger partial charge on any atom is -0.345 e. The molecule has 1 unspecified atom stereocenters. The first-order valence-corrected chi connectivity index (χ1v) is 8.55. The highest BCUT2D eigenvalue weighted by Gasteiger charge is 2.36. The van der Waals surface area contributed by atoms with E-state index in [0.29, 0.717) is 5.92 Å². The first-order chi connectivity index (χ1) is 11.6. The number of hydrogen-bond acceptors (Lipinski definition) is 3. The maximum Gasteiger partial charge on any atom is 0.227 e. The predicted molar refractivity (Wildman–Crippen MR) is 102 cm³/mol. The van der Waals surface area contributed by atoms with Crippen LogP contribution in [-0.4, -0.2) is 47.3 Å². The third-order valence-corrected chi connectivity index (χ3v) is 4.98. The van der Waals surface area contributed by atoms with E-state index in [0.717, 1.165) is 25.2 Å². The maximum atomic E-state index is 13.0. The summed E-state index contributed by atoms with van der Waals surface area (Å²) in [5.41, 5.74) is 2.41. The molecule has 25 heavy (non-hydrogen) atoms. The van der Waals surface area contributed by atoms with Gasteiger partial charge in [0.2, 0.25) is 5.91 Å². The second kappa shape index (κ2) is 8.50. The van der Waals surface area contributed by atoms with E-state index in [9.17, 15) is 4.79 Å². The van der Waals surface area contributed by atoms with E-state index in [1.807, 2.05) is 49.6 Å². The molecular formula is C19H27ClN4O. The molecule has 1 aliphatic heterocycles. The minimum atomic E-state index is -0.0119. The first kappa shape index (κ1) is 19.5. The molecule has 1 aliphatic rings. The number of carbonyl (C=O) groups is 1. The Labute approximate surface area is 155 Å². The van der Waals surface area contributed by atoms with E-state index in [1.54, 1.807) is 4.68 Å². The van der Waals surface area contributed by atoms with Crippen molar-refractivity contribution in [1.29, 1.82) is 0 Å². The van der Waals surface area contributed by atoms with Crippen LogP contribution in [0.25, 0.3) is 0 Å². The zero-order valence-corrected chi connectivity index (χ0v) is 15.9. The number of likely N-dealkylation sites (N-methyl/N-ethyl adjacent to an activating group) is 1. The van der Waals surface area contributed by atoms with Gasteiger partial charge in [-0.1, -0.05) is 37.3 Å². The molecule has 136 valence electrons. The Balaban J connectivity index is 0.00000225. The predicted octanol–water partition coefficient (Wildman–Crippen LogP) is 2.41. The van der Waals surface area contributed by atoms with Crippen LogP contribution in [0.1, 0.15) is 29.9 Å². The van der Waals surface area contributed by atoms with Crippen LogP contribution in [0.5, 0.6) is 0 Å². The monoisotopic (exact) mass is 362 g/mol. The Morgan fingerprint density at radius 2 is 2.08 bits per heavy atom. The number of halogens is 1. The van der Waals surface area contributed by atoms with Crippen molar-refractivity contribution in [3.8, 4) is 0 Å². The lowest BCUT2D eigenvalue weighted by Gasteiger charge is -2.26. The van der Waals surface area contributed by atoms with Gasteiger partial charge in [-0.25, -0.2) is 0 Å². The van der Waals surface area contributed by atoms with Gasteiger partial charge >= 0.3 is 0 Å². The molecule has 3 rings (SSSR count). The summed E-state index contributed by atoms with van der Waals surface area (Å²) in [7, 11) is 3.83. The van der Waals surface area contributed by atoms with Crippen molar-refractivity contribution < 1.29 is 4.79 Å². The van der Waals surface area contributed by atoms with Crippen LogP contribution in [-0.2, 0) is 11.8 Å². The largest absolute Gasteiger partial charge is 0.345 e. The quantitative estimate of drug-likeness (QED) is 0.888. The van der Waals surface area contributed by atoms with Gasteiger partial charge in [0.05, 0.1) is 12.1 Å². The molecule has 3 atom stereocenters. The Hall–Kier alpha value is -1.85. The van der Waals surface area contributed by atoms with Crippen molar-refractivity contribution in [2.75, 3.05) is 26.7 Å². The molecule has 0 aliphatic carbocycles. The Morgan fingerprint density at radius 3 is 2.72 bits per heavy atom. The van der Waals surface area contributed by atoms with Crippen molar-refractivity contribution in [1.82, 2.24) is 20.0 Å². The van der Waals surface area contributed by atoms with E-state index in [1.165, 1.54) is 5.56 Å². The van der Waals surface area contributed by atoms with E-state index < -0.39 is 0 Å². The zero-order chi connectivity index (χ0) is 17.1. The van der Waals surface area contributed by atoms with Gasteiger partial charge in [0.15, 0.2) is 0 Å². The summed E-state index contributed by atoms with van der Waals surface area (Å²) in [6.45, 7) is 4.48. The summed E-state index contributed by atoms with van der Waals surface area (Å²) in [6.07, 6.45) is 3.90. The van der Waals surface area contributed by atoms with Crippen molar-refractivity contribution in [2.45, 2.75) is 18.8 Å². The molecule has 0 saturated carbocycles. The van der Waals surface area contributed by atoms with Gasteiger partial charge in [0.1, 0.15) is 0 Å². The third-order valence-electron chi connectivity index (χ3n) is 4.98. The second-order valence-corrected chi connectivity index (χ2v) is 6.85. The highest BCUT2D eigenvalue weighted by atomic mass is 35.5. The number of nitrogens with one attached hydrogen (secondary N) is 1. The standard InChI is InChI=1S/C19H26N4O.ClH/c1-14(15-7-5-4-6-8-15)12-22(2)19(24)18-11-20-10-17(18)16-9-21-23(3)13-16;/h4-9,13-14,17-18,20H,10-12H2,1-3H3;1H/t14?,17-,18+;/m1./s1. The van der Waals surface area contributed by atoms with Gasteiger partial charge in [-0.05, 0) is 17.0 Å². The third kappa shape index (κ3) is 4.41. The molecule has 1 amide bonds. The van der Waals surface area contributed by atoms with Crippen LogP contribution in [0.15, 0.2) is 42.7 Å². The fraction of sp³-hybridized carbons (Fsp3) is 0.474. The number of nitrogens with zero attached hydrogens (tertiary/aromatic N) is 3. The van der Waals surface area contributed by atoms with Crippen LogP contribution in [0, 0.1) is 5.92 Å². The average Bonchev–Trinajstić information content (AvgIpc) is 3.23. The van der Waals surface area contributed by atoms with Gasteiger partial charge < -0.3 is 10.2 Å². The molecule has 1 aromatic carbocycles. The number of aromatic nitrogens is 2.